The van der Waals surface area contributed by atoms with Gasteiger partial charge in [-0.15, -0.1) is 0 Å². The Morgan fingerprint density at radius 2 is 2.29 bits per heavy atom. The van der Waals surface area contributed by atoms with E-state index in [1.165, 1.54) is 0 Å². The van der Waals surface area contributed by atoms with Crippen LogP contribution in [-0.4, -0.2) is 42.1 Å². The Bertz CT molecular complexity index is 232. The second-order valence-corrected chi connectivity index (χ2v) is 4.34. The third-order valence-corrected chi connectivity index (χ3v) is 3.28. The van der Waals surface area contributed by atoms with Crippen LogP contribution >= 0.6 is 0 Å². The molecule has 2 N–H and O–H groups in total. The largest absolute Gasteiger partial charge is 0.464 e. The molecule has 4 heteroatoms. The van der Waals surface area contributed by atoms with Crippen molar-refractivity contribution in [2.75, 3.05) is 13.2 Å². The van der Waals surface area contributed by atoms with Crippen molar-refractivity contribution in [1.82, 2.24) is 4.90 Å². The zero-order valence-corrected chi connectivity index (χ0v) is 8.61. The molecule has 2 saturated heterocycles. The van der Waals surface area contributed by atoms with Gasteiger partial charge in [0.15, 0.2) is 0 Å². The molecule has 0 aromatic rings. The molecule has 0 radical (unpaired) electrons. The Morgan fingerprint density at radius 3 is 2.86 bits per heavy atom. The lowest BCUT2D eigenvalue weighted by atomic mass is 9.97. The van der Waals surface area contributed by atoms with Crippen molar-refractivity contribution in [1.29, 1.82) is 0 Å². The summed E-state index contributed by atoms with van der Waals surface area (Å²) >= 11 is 0. The fraction of sp³-hybridized carbons (Fsp3) is 0.900. The number of carbonyl (C=O) groups is 1. The minimum atomic E-state index is -0.0488. The van der Waals surface area contributed by atoms with E-state index in [0.29, 0.717) is 18.7 Å². The molecule has 0 bridgehead atoms. The van der Waals surface area contributed by atoms with Crippen molar-refractivity contribution in [3.8, 4) is 0 Å². The summed E-state index contributed by atoms with van der Waals surface area (Å²) in [6.07, 6.45) is 2.83. The molecule has 2 aliphatic rings. The SMILES string of the molecule is CC1CC(N)CCN1C1CCOC1=O. The molecule has 0 saturated carbocycles. The molecule has 0 aliphatic carbocycles. The van der Waals surface area contributed by atoms with E-state index in [1.54, 1.807) is 0 Å². The van der Waals surface area contributed by atoms with Gasteiger partial charge in [-0.2, -0.15) is 0 Å². The lowest BCUT2D eigenvalue weighted by Gasteiger charge is -2.38. The van der Waals surface area contributed by atoms with Gasteiger partial charge in [-0.3, -0.25) is 9.69 Å². The summed E-state index contributed by atoms with van der Waals surface area (Å²) in [5, 5.41) is 0. The van der Waals surface area contributed by atoms with Crippen LogP contribution in [0.4, 0.5) is 0 Å². The van der Waals surface area contributed by atoms with Crippen LogP contribution in [-0.2, 0) is 9.53 Å². The van der Waals surface area contributed by atoms with Crippen LogP contribution in [0.25, 0.3) is 0 Å². The Hall–Kier alpha value is -0.610. The molecule has 4 nitrogen and oxygen atoms in total. The predicted octanol–water partition coefficient (Wildman–Crippen LogP) is 0.113. The van der Waals surface area contributed by atoms with Crippen LogP contribution in [0, 0.1) is 0 Å². The van der Waals surface area contributed by atoms with Crippen molar-refractivity contribution >= 4 is 5.97 Å². The first kappa shape index (κ1) is 9.93. The van der Waals surface area contributed by atoms with E-state index in [4.69, 9.17) is 10.5 Å². The quantitative estimate of drug-likeness (QED) is 0.608. The highest BCUT2D eigenvalue weighted by Crippen LogP contribution is 2.23. The summed E-state index contributed by atoms with van der Waals surface area (Å²) in [4.78, 5) is 13.7. The summed E-state index contributed by atoms with van der Waals surface area (Å²) < 4.78 is 4.98. The van der Waals surface area contributed by atoms with Gasteiger partial charge in [0.25, 0.3) is 0 Å². The van der Waals surface area contributed by atoms with E-state index in [1.807, 2.05) is 0 Å². The molecule has 2 aliphatic heterocycles. The van der Waals surface area contributed by atoms with Gasteiger partial charge in [0, 0.05) is 25.0 Å². The van der Waals surface area contributed by atoms with Gasteiger partial charge in [-0.05, 0) is 19.8 Å². The Balaban J connectivity index is 2.00. The number of likely N-dealkylation sites (tertiary alicyclic amines) is 1. The highest BCUT2D eigenvalue weighted by Gasteiger charge is 2.37. The van der Waals surface area contributed by atoms with Crippen LogP contribution in [0.1, 0.15) is 26.2 Å². The lowest BCUT2D eigenvalue weighted by molar-refractivity contribution is -0.143. The first-order valence-electron chi connectivity index (χ1n) is 5.36. The van der Waals surface area contributed by atoms with Crippen molar-refractivity contribution in [2.24, 2.45) is 5.73 Å². The monoisotopic (exact) mass is 198 g/mol. The first-order chi connectivity index (χ1) is 6.68. The first-order valence-corrected chi connectivity index (χ1v) is 5.36. The third-order valence-electron chi connectivity index (χ3n) is 3.28. The number of piperidine rings is 1. The van der Waals surface area contributed by atoms with Gasteiger partial charge in [0.2, 0.25) is 0 Å². The van der Waals surface area contributed by atoms with Crippen LogP contribution in [0.15, 0.2) is 0 Å². The zero-order chi connectivity index (χ0) is 10.1. The predicted molar refractivity (Wildman–Crippen MR) is 52.7 cm³/mol. The number of cyclic esters (lactones) is 1. The van der Waals surface area contributed by atoms with Gasteiger partial charge in [0.1, 0.15) is 6.04 Å². The molecule has 0 amide bonds. The molecule has 2 heterocycles. The number of nitrogens with zero attached hydrogens (tertiary/aromatic N) is 1. The van der Waals surface area contributed by atoms with Crippen molar-refractivity contribution in [3.63, 3.8) is 0 Å². The molecular weight excluding hydrogens is 180 g/mol. The molecular formula is C10H18N2O2. The normalized spacial score (nSPS) is 39.9. The Morgan fingerprint density at radius 1 is 1.50 bits per heavy atom. The molecule has 2 fully saturated rings. The molecule has 0 aromatic carbocycles. The maximum Gasteiger partial charge on any atom is 0.323 e. The number of nitrogens with two attached hydrogens (primary N) is 1. The summed E-state index contributed by atoms with van der Waals surface area (Å²) in [5.41, 5.74) is 5.88. The van der Waals surface area contributed by atoms with Crippen molar-refractivity contribution in [3.05, 3.63) is 0 Å². The lowest BCUT2D eigenvalue weighted by Crippen LogP contribution is -2.51. The second-order valence-electron chi connectivity index (χ2n) is 4.34. The van der Waals surface area contributed by atoms with Crippen LogP contribution in [0.5, 0.6) is 0 Å². The zero-order valence-electron chi connectivity index (χ0n) is 8.61. The highest BCUT2D eigenvalue weighted by molar-refractivity contribution is 5.77. The van der Waals surface area contributed by atoms with Gasteiger partial charge in [-0.25, -0.2) is 0 Å². The number of rotatable bonds is 1. The van der Waals surface area contributed by atoms with Gasteiger partial charge >= 0.3 is 5.97 Å². The van der Waals surface area contributed by atoms with E-state index in [9.17, 15) is 4.79 Å². The number of carbonyl (C=O) groups excluding carboxylic acids is 1. The molecule has 3 atom stereocenters. The Kier molecular flexibility index (Phi) is 2.74. The molecule has 0 spiro atoms. The topological polar surface area (TPSA) is 55.6 Å². The number of hydrogen-bond donors (Lipinski definition) is 1. The van der Waals surface area contributed by atoms with E-state index in [2.05, 4.69) is 11.8 Å². The molecule has 14 heavy (non-hydrogen) atoms. The number of esters is 1. The van der Waals surface area contributed by atoms with E-state index < -0.39 is 0 Å². The van der Waals surface area contributed by atoms with Crippen LogP contribution in [0.2, 0.25) is 0 Å². The second kappa shape index (κ2) is 3.87. The van der Waals surface area contributed by atoms with Gasteiger partial charge in [0.05, 0.1) is 6.61 Å². The summed E-state index contributed by atoms with van der Waals surface area (Å²) in [6.45, 7) is 3.66. The highest BCUT2D eigenvalue weighted by atomic mass is 16.5. The fourth-order valence-electron chi connectivity index (χ4n) is 2.48. The summed E-state index contributed by atoms with van der Waals surface area (Å²) in [6, 6.07) is 0.713. The molecule has 0 aromatic heterocycles. The van der Waals surface area contributed by atoms with Crippen molar-refractivity contribution < 1.29 is 9.53 Å². The fourth-order valence-corrected chi connectivity index (χ4v) is 2.48. The van der Waals surface area contributed by atoms with E-state index in [-0.39, 0.29) is 12.0 Å². The van der Waals surface area contributed by atoms with E-state index in [0.717, 1.165) is 25.8 Å². The van der Waals surface area contributed by atoms with Crippen LogP contribution in [0.3, 0.4) is 0 Å². The van der Waals surface area contributed by atoms with Crippen LogP contribution < -0.4 is 5.73 Å². The van der Waals surface area contributed by atoms with E-state index >= 15 is 0 Å². The minimum Gasteiger partial charge on any atom is -0.464 e. The molecule has 2 rings (SSSR count). The minimum absolute atomic E-state index is 0.00231. The standard InChI is InChI=1S/C10H18N2O2/c1-7-6-8(11)2-4-12(7)9-3-5-14-10(9)13/h7-9H,2-6,11H2,1H3. The third kappa shape index (κ3) is 1.77. The average molecular weight is 198 g/mol. The van der Waals surface area contributed by atoms with Gasteiger partial charge in [-0.1, -0.05) is 0 Å². The van der Waals surface area contributed by atoms with Gasteiger partial charge < -0.3 is 10.5 Å². The maximum absolute atomic E-state index is 11.4. The number of ether oxygens (including phenoxy) is 1. The summed E-state index contributed by atoms with van der Waals surface area (Å²) in [5.74, 6) is -0.0488. The summed E-state index contributed by atoms with van der Waals surface area (Å²) in [7, 11) is 0. The smallest absolute Gasteiger partial charge is 0.323 e. The molecule has 3 unspecified atom stereocenters. The Labute approximate surface area is 84.4 Å². The van der Waals surface area contributed by atoms with Crippen molar-refractivity contribution in [2.45, 2.75) is 44.3 Å². The number of hydrogen-bond acceptors (Lipinski definition) is 4. The average Bonchev–Trinajstić information content (AvgIpc) is 2.52. The molecule has 80 valence electrons. The maximum atomic E-state index is 11.4.